The Bertz CT molecular complexity index is 233. The lowest BCUT2D eigenvalue weighted by molar-refractivity contribution is 0.232. The predicted octanol–water partition coefficient (Wildman–Crippen LogP) is 2.38. The zero-order valence-electron chi connectivity index (χ0n) is 11.9. The molecule has 3 heteroatoms. The van der Waals surface area contributed by atoms with E-state index >= 15 is 0 Å². The Balaban J connectivity index is 4.64. The quantitative estimate of drug-likeness (QED) is 0.726. The van der Waals surface area contributed by atoms with Crippen molar-refractivity contribution in [3.8, 4) is 0 Å². The molecule has 0 aliphatic carbocycles. The van der Waals surface area contributed by atoms with Crippen molar-refractivity contribution in [2.75, 3.05) is 6.54 Å². The van der Waals surface area contributed by atoms with E-state index < -0.39 is 6.10 Å². The molecule has 1 atom stereocenters. The molecule has 2 N–H and O–H groups in total. The van der Waals surface area contributed by atoms with Gasteiger partial charge in [0.25, 0.3) is 0 Å². The first kappa shape index (κ1) is 15.6. The molecule has 16 heavy (non-hydrogen) atoms. The van der Waals surface area contributed by atoms with Gasteiger partial charge in [-0.2, -0.15) is 0 Å². The van der Waals surface area contributed by atoms with Gasteiger partial charge in [0.05, 0.1) is 17.4 Å². The maximum absolute atomic E-state index is 9.91. The molecule has 0 aromatic carbocycles. The SMILES string of the molecule is CC[C@H](O)C(CNC(C)(C)C)=NC(C)(C)C. The molecule has 0 radical (unpaired) electrons. The molecular formula is C13H28N2O. The number of aliphatic hydroxyl groups excluding tert-OH is 1. The second-order valence-electron chi connectivity index (χ2n) is 6.30. The fraction of sp³-hybridized carbons (Fsp3) is 0.923. The molecule has 0 spiro atoms. The summed E-state index contributed by atoms with van der Waals surface area (Å²) in [6.07, 6.45) is 0.273. The highest BCUT2D eigenvalue weighted by Gasteiger charge is 2.18. The van der Waals surface area contributed by atoms with Gasteiger partial charge in [-0.15, -0.1) is 0 Å². The van der Waals surface area contributed by atoms with Crippen molar-refractivity contribution < 1.29 is 5.11 Å². The first-order valence-corrected chi connectivity index (χ1v) is 6.07. The zero-order valence-corrected chi connectivity index (χ0v) is 11.9. The van der Waals surface area contributed by atoms with Gasteiger partial charge in [0.15, 0.2) is 0 Å². The lowest BCUT2D eigenvalue weighted by Crippen LogP contribution is -2.43. The number of aliphatic imine (C=N–C) groups is 1. The summed E-state index contributed by atoms with van der Waals surface area (Å²) in [7, 11) is 0. The van der Waals surface area contributed by atoms with Crippen molar-refractivity contribution in [3.63, 3.8) is 0 Å². The number of aliphatic hydroxyl groups is 1. The number of hydrogen-bond acceptors (Lipinski definition) is 3. The smallest absolute Gasteiger partial charge is 0.0927 e. The van der Waals surface area contributed by atoms with Crippen LogP contribution in [0.3, 0.4) is 0 Å². The third-order valence-electron chi connectivity index (χ3n) is 2.05. The summed E-state index contributed by atoms with van der Waals surface area (Å²) in [5.41, 5.74) is 0.766. The van der Waals surface area contributed by atoms with Crippen LogP contribution in [0.1, 0.15) is 54.9 Å². The van der Waals surface area contributed by atoms with Crippen LogP contribution in [0.25, 0.3) is 0 Å². The maximum Gasteiger partial charge on any atom is 0.0927 e. The topological polar surface area (TPSA) is 44.6 Å². The highest BCUT2D eigenvalue weighted by molar-refractivity contribution is 5.90. The summed E-state index contributed by atoms with van der Waals surface area (Å²) < 4.78 is 0. The second kappa shape index (κ2) is 5.78. The van der Waals surface area contributed by atoms with Crippen LogP contribution in [0.15, 0.2) is 4.99 Å². The lowest BCUT2D eigenvalue weighted by Gasteiger charge is -2.25. The molecule has 0 heterocycles. The van der Waals surface area contributed by atoms with Crippen molar-refractivity contribution in [1.82, 2.24) is 5.32 Å². The molecule has 0 saturated heterocycles. The van der Waals surface area contributed by atoms with Gasteiger partial charge in [-0.3, -0.25) is 4.99 Å². The van der Waals surface area contributed by atoms with Crippen molar-refractivity contribution in [1.29, 1.82) is 0 Å². The highest BCUT2D eigenvalue weighted by atomic mass is 16.3. The van der Waals surface area contributed by atoms with E-state index in [0.29, 0.717) is 13.0 Å². The summed E-state index contributed by atoms with van der Waals surface area (Å²) in [5.74, 6) is 0. The van der Waals surface area contributed by atoms with Gasteiger partial charge >= 0.3 is 0 Å². The Morgan fingerprint density at radius 2 is 1.69 bits per heavy atom. The summed E-state index contributed by atoms with van der Waals surface area (Å²) in [6.45, 7) is 15.1. The summed E-state index contributed by atoms with van der Waals surface area (Å²) in [5, 5.41) is 13.3. The van der Waals surface area contributed by atoms with Crippen molar-refractivity contribution in [2.24, 2.45) is 4.99 Å². The predicted molar refractivity (Wildman–Crippen MR) is 71.2 cm³/mol. The fourth-order valence-electron chi connectivity index (χ4n) is 1.25. The van der Waals surface area contributed by atoms with Gasteiger partial charge in [-0.1, -0.05) is 6.92 Å². The number of hydrogen-bond donors (Lipinski definition) is 2. The number of nitrogens with one attached hydrogen (secondary N) is 1. The number of nitrogens with zero attached hydrogens (tertiary/aromatic N) is 1. The first-order valence-electron chi connectivity index (χ1n) is 6.07. The van der Waals surface area contributed by atoms with Crippen LogP contribution < -0.4 is 5.32 Å². The Hall–Kier alpha value is -0.410. The molecule has 0 rings (SSSR count). The van der Waals surface area contributed by atoms with Crippen LogP contribution in [0.2, 0.25) is 0 Å². The normalized spacial score (nSPS) is 16.4. The van der Waals surface area contributed by atoms with Crippen molar-refractivity contribution in [3.05, 3.63) is 0 Å². The minimum absolute atomic E-state index is 0.0477. The van der Waals surface area contributed by atoms with Crippen LogP contribution in [0.5, 0.6) is 0 Å². The largest absolute Gasteiger partial charge is 0.387 e. The molecule has 0 saturated carbocycles. The van der Waals surface area contributed by atoms with Gasteiger partial charge in [-0.25, -0.2) is 0 Å². The van der Waals surface area contributed by atoms with E-state index in [2.05, 4.69) is 31.1 Å². The molecule has 0 unspecified atom stereocenters. The van der Waals surface area contributed by atoms with Gasteiger partial charge in [0.2, 0.25) is 0 Å². The molecule has 0 amide bonds. The summed E-state index contributed by atoms with van der Waals surface area (Å²) in [6, 6.07) is 0. The Morgan fingerprint density at radius 1 is 1.19 bits per heavy atom. The maximum atomic E-state index is 9.91. The van der Waals surface area contributed by atoms with Gasteiger partial charge in [0, 0.05) is 12.1 Å². The Morgan fingerprint density at radius 3 is 2.00 bits per heavy atom. The third kappa shape index (κ3) is 7.83. The Labute approximate surface area is 100 Å². The summed E-state index contributed by atoms with van der Waals surface area (Å²) in [4.78, 5) is 4.59. The van der Waals surface area contributed by atoms with Gasteiger partial charge < -0.3 is 10.4 Å². The van der Waals surface area contributed by atoms with Crippen molar-refractivity contribution >= 4 is 5.71 Å². The fourth-order valence-corrected chi connectivity index (χ4v) is 1.25. The van der Waals surface area contributed by atoms with E-state index in [9.17, 15) is 5.11 Å². The van der Waals surface area contributed by atoms with Gasteiger partial charge in [-0.05, 0) is 48.0 Å². The molecule has 3 nitrogen and oxygen atoms in total. The van der Waals surface area contributed by atoms with E-state index in [0.717, 1.165) is 5.71 Å². The lowest BCUT2D eigenvalue weighted by atomic mass is 10.1. The van der Waals surface area contributed by atoms with Crippen LogP contribution >= 0.6 is 0 Å². The first-order chi connectivity index (χ1) is 7.05. The molecular weight excluding hydrogens is 200 g/mol. The molecule has 96 valence electrons. The molecule has 0 aromatic rings. The number of rotatable bonds is 4. The van der Waals surface area contributed by atoms with E-state index in [1.54, 1.807) is 0 Å². The molecule has 0 aromatic heterocycles. The van der Waals surface area contributed by atoms with Gasteiger partial charge in [0.1, 0.15) is 0 Å². The van der Waals surface area contributed by atoms with Crippen LogP contribution in [-0.4, -0.2) is 34.5 Å². The zero-order chi connectivity index (χ0) is 13.0. The van der Waals surface area contributed by atoms with E-state index in [1.807, 2.05) is 27.7 Å². The van der Waals surface area contributed by atoms with E-state index in [4.69, 9.17) is 0 Å². The van der Waals surface area contributed by atoms with Crippen molar-refractivity contribution in [2.45, 2.75) is 72.1 Å². The minimum atomic E-state index is -0.436. The van der Waals surface area contributed by atoms with Crippen LogP contribution in [0.4, 0.5) is 0 Å². The van der Waals surface area contributed by atoms with E-state index in [1.165, 1.54) is 0 Å². The van der Waals surface area contributed by atoms with Crippen LogP contribution in [0, 0.1) is 0 Å². The average molecular weight is 228 g/mol. The summed E-state index contributed by atoms with van der Waals surface area (Å²) >= 11 is 0. The van der Waals surface area contributed by atoms with Crippen LogP contribution in [-0.2, 0) is 0 Å². The average Bonchev–Trinajstić information content (AvgIpc) is 2.07. The standard InChI is InChI=1S/C13H28N2O/c1-8-11(16)10(15-13(5,6)7)9-14-12(2,3)4/h11,14,16H,8-9H2,1-7H3/t11-/m0/s1. The second-order valence-corrected chi connectivity index (χ2v) is 6.30. The third-order valence-corrected chi connectivity index (χ3v) is 2.05. The minimum Gasteiger partial charge on any atom is -0.387 e. The van der Waals surface area contributed by atoms with E-state index in [-0.39, 0.29) is 11.1 Å². The highest BCUT2D eigenvalue weighted by Crippen LogP contribution is 2.10. The monoisotopic (exact) mass is 228 g/mol. The molecule has 0 aliphatic rings. The molecule has 0 fully saturated rings. The Kier molecular flexibility index (Phi) is 5.63. The molecule has 0 bridgehead atoms. The molecule has 0 aliphatic heterocycles.